The minimum atomic E-state index is 0.437. The van der Waals surface area contributed by atoms with E-state index in [0.29, 0.717) is 17.0 Å². The predicted octanol–water partition coefficient (Wildman–Crippen LogP) is 4.40. The monoisotopic (exact) mass is 372 g/mol. The molecule has 1 aliphatic rings. The van der Waals surface area contributed by atoms with E-state index < -0.39 is 0 Å². The van der Waals surface area contributed by atoms with Crippen LogP contribution in [0.15, 0.2) is 30.3 Å². The van der Waals surface area contributed by atoms with Gasteiger partial charge in [-0.3, -0.25) is 0 Å². The molecule has 0 spiro atoms. The molecule has 0 aliphatic heterocycles. The first-order valence-electron chi connectivity index (χ1n) is 5.68. The molecular weight excluding hydrogens is 363 g/mol. The van der Waals surface area contributed by atoms with Crippen LogP contribution in [0.3, 0.4) is 0 Å². The van der Waals surface area contributed by atoms with Gasteiger partial charge in [-0.2, -0.15) is 4.98 Å². The Hall–Kier alpha value is -0.880. The minimum Gasteiger partial charge on any atom is -0.439 e. The summed E-state index contributed by atoms with van der Waals surface area (Å²) in [7, 11) is 0. The van der Waals surface area contributed by atoms with Gasteiger partial charge in [0.05, 0.1) is 0 Å². The fourth-order valence-corrected chi connectivity index (χ4v) is 2.15. The van der Waals surface area contributed by atoms with E-state index in [-0.39, 0.29) is 0 Å². The summed E-state index contributed by atoms with van der Waals surface area (Å²) >= 11 is 8.23. The van der Waals surface area contributed by atoms with Crippen LogP contribution in [0, 0.1) is 3.57 Å². The molecule has 1 saturated carbocycles. The molecule has 3 nitrogen and oxygen atoms in total. The van der Waals surface area contributed by atoms with Gasteiger partial charge in [0.1, 0.15) is 16.7 Å². The number of halogens is 2. The van der Waals surface area contributed by atoms with Crippen molar-refractivity contribution in [3.05, 3.63) is 44.9 Å². The van der Waals surface area contributed by atoms with E-state index in [0.717, 1.165) is 24.4 Å². The molecule has 2 aromatic rings. The molecule has 0 N–H and O–H groups in total. The van der Waals surface area contributed by atoms with Crippen molar-refractivity contribution >= 4 is 34.2 Å². The Bertz CT molecular complexity index is 570. The Morgan fingerprint density at radius 1 is 1.17 bits per heavy atom. The third kappa shape index (κ3) is 2.92. The smallest absolute Gasteiger partial charge is 0.224 e. The van der Waals surface area contributed by atoms with E-state index in [1.165, 1.54) is 3.57 Å². The zero-order chi connectivity index (χ0) is 12.5. The van der Waals surface area contributed by atoms with Crippen molar-refractivity contribution in [1.82, 2.24) is 9.97 Å². The molecule has 5 heteroatoms. The summed E-state index contributed by atoms with van der Waals surface area (Å²) in [5.74, 6) is 2.52. The molecule has 1 heterocycles. The number of aromatic nitrogens is 2. The van der Waals surface area contributed by atoms with Crippen molar-refractivity contribution in [1.29, 1.82) is 0 Å². The van der Waals surface area contributed by atoms with Crippen LogP contribution in [-0.2, 0) is 0 Å². The van der Waals surface area contributed by atoms with Crippen molar-refractivity contribution < 1.29 is 4.74 Å². The van der Waals surface area contributed by atoms with E-state index in [1.807, 2.05) is 24.3 Å². The Morgan fingerprint density at radius 2 is 1.89 bits per heavy atom. The van der Waals surface area contributed by atoms with Crippen LogP contribution in [0.2, 0.25) is 5.15 Å². The van der Waals surface area contributed by atoms with Gasteiger partial charge in [-0.25, -0.2) is 4.98 Å². The molecular formula is C13H10ClIN2O. The van der Waals surface area contributed by atoms with Crippen molar-refractivity contribution in [2.45, 2.75) is 18.8 Å². The van der Waals surface area contributed by atoms with E-state index in [4.69, 9.17) is 16.3 Å². The molecule has 3 rings (SSSR count). The summed E-state index contributed by atoms with van der Waals surface area (Å²) in [5.41, 5.74) is 0. The highest BCUT2D eigenvalue weighted by atomic mass is 127. The van der Waals surface area contributed by atoms with Gasteiger partial charge >= 0.3 is 0 Å². The zero-order valence-corrected chi connectivity index (χ0v) is 12.4. The largest absolute Gasteiger partial charge is 0.439 e. The maximum atomic E-state index is 5.98. The lowest BCUT2D eigenvalue weighted by Crippen LogP contribution is -1.96. The van der Waals surface area contributed by atoms with Gasteiger partial charge in [0, 0.05) is 15.6 Å². The molecule has 1 fully saturated rings. The third-order valence-electron chi connectivity index (χ3n) is 2.67. The summed E-state index contributed by atoms with van der Waals surface area (Å²) in [6.07, 6.45) is 2.28. The fraction of sp³-hybridized carbons (Fsp3) is 0.231. The van der Waals surface area contributed by atoms with Crippen molar-refractivity contribution in [3.63, 3.8) is 0 Å². The van der Waals surface area contributed by atoms with Crippen molar-refractivity contribution in [2.75, 3.05) is 0 Å². The van der Waals surface area contributed by atoms with Crippen LogP contribution >= 0.6 is 34.2 Å². The number of rotatable bonds is 3. The molecule has 0 saturated heterocycles. The second kappa shape index (κ2) is 5.01. The van der Waals surface area contributed by atoms with Crippen LogP contribution in [0.5, 0.6) is 11.6 Å². The molecule has 92 valence electrons. The van der Waals surface area contributed by atoms with Gasteiger partial charge in [0.2, 0.25) is 5.88 Å². The number of hydrogen-bond acceptors (Lipinski definition) is 3. The molecule has 18 heavy (non-hydrogen) atoms. The van der Waals surface area contributed by atoms with Crippen LogP contribution in [0.4, 0.5) is 0 Å². The first-order valence-corrected chi connectivity index (χ1v) is 7.14. The predicted molar refractivity (Wildman–Crippen MR) is 78.3 cm³/mol. The lowest BCUT2D eigenvalue weighted by atomic mass is 10.3. The summed E-state index contributed by atoms with van der Waals surface area (Å²) in [6.45, 7) is 0. The summed E-state index contributed by atoms with van der Waals surface area (Å²) in [4.78, 5) is 8.62. The third-order valence-corrected chi connectivity index (χ3v) is 3.58. The normalized spacial score (nSPS) is 14.6. The second-order valence-corrected chi connectivity index (χ2v) is 5.85. The molecule has 1 aliphatic carbocycles. The quantitative estimate of drug-likeness (QED) is 0.591. The standard InChI is InChI=1S/C13H10ClIN2O/c14-11-7-12(17-13(16-11)8-1-2-8)18-10-5-3-9(15)4-6-10/h3-8H,1-2H2. The maximum Gasteiger partial charge on any atom is 0.224 e. The van der Waals surface area contributed by atoms with Crippen LogP contribution < -0.4 is 4.74 Å². The zero-order valence-electron chi connectivity index (χ0n) is 9.44. The van der Waals surface area contributed by atoms with Gasteiger partial charge in [0.15, 0.2) is 0 Å². The van der Waals surface area contributed by atoms with E-state index >= 15 is 0 Å². The van der Waals surface area contributed by atoms with Crippen LogP contribution in [0.1, 0.15) is 24.6 Å². The average Bonchev–Trinajstić information content (AvgIpc) is 3.15. The Balaban J connectivity index is 1.85. The number of nitrogens with zero attached hydrogens (tertiary/aromatic N) is 2. The minimum absolute atomic E-state index is 0.437. The molecule has 0 amide bonds. The molecule has 0 unspecified atom stereocenters. The van der Waals surface area contributed by atoms with E-state index in [2.05, 4.69) is 32.6 Å². The summed E-state index contributed by atoms with van der Waals surface area (Å²) in [5, 5.41) is 0.437. The van der Waals surface area contributed by atoms with Gasteiger partial charge in [-0.05, 0) is 59.7 Å². The highest BCUT2D eigenvalue weighted by molar-refractivity contribution is 14.1. The maximum absolute atomic E-state index is 5.98. The number of hydrogen-bond donors (Lipinski definition) is 0. The van der Waals surface area contributed by atoms with Crippen molar-refractivity contribution in [2.24, 2.45) is 0 Å². The van der Waals surface area contributed by atoms with Gasteiger partial charge < -0.3 is 4.74 Å². The highest BCUT2D eigenvalue weighted by Gasteiger charge is 2.27. The highest BCUT2D eigenvalue weighted by Crippen LogP contribution is 2.39. The molecule has 0 radical (unpaired) electrons. The Labute approximate surface area is 124 Å². The SMILES string of the molecule is Clc1cc(Oc2ccc(I)cc2)nc(C2CC2)n1. The van der Waals surface area contributed by atoms with Gasteiger partial charge in [-0.15, -0.1) is 0 Å². The van der Waals surface area contributed by atoms with Crippen molar-refractivity contribution in [3.8, 4) is 11.6 Å². The van der Waals surface area contributed by atoms with Crippen LogP contribution in [0.25, 0.3) is 0 Å². The van der Waals surface area contributed by atoms with Gasteiger partial charge in [0.25, 0.3) is 0 Å². The Morgan fingerprint density at radius 3 is 2.56 bits per heavy atom. The Kier molecular flexibility index (Phi) is 3.39. The van der Waals surface area contributed by atoms with E-state index in [9.17, 15) is 0 Å². The summed E-state index contributed by atoms with van der Waals surface area (Å²) < 4.78 is 6.86. The topological polar surface area (TPSA) is 35.0 Å². The van der Waals surface area contributed by atoms with Crippen LogP contribution in [-0.4, -0.2) is 9.97 Å². The fourth-order valence-electron chi connectivity index (χ4n) is 1.61. The molecule has 0 bridgehead atoms. The number of benzene rings is 1. The first kappa shape index (κ1) is 12.2. The molecule has 0 atom stereocenters. The molecule has 1 aromatic heterocycles. The molecule has 1 aromatic carbocycles. The summed E-state index contributed by atoms with van der Waals surface area (Å²) in [6, 6.07) is 9.44. The second-order valence-electron chi connectivity index (χ2n) is 4.22. The lowest BCUT2D eigenvalue weighted by Gasteiger charge is -2.06. The van der Waals surface area contributed by atoms with E-state index in [1.54, 1.807) is 6.07 Å². The average molecular weight is 373 g/mol. The number of ether oxygens (including phenoxy) is 1. The first-order chi connectivity index (χ1) is 8.70. The van der Waals surface area contributed by atoms with Gasteiger partial charge in [-0.1, -0.05) is 11.6 Å². The lowest BCUT2D eigenvalue weighted by molar-refractivity contribution is 0.458.